The van der Waals surface area contributed by atoms with Crippen LogP contribution < -0.4 is 5.32 Å². The molecule has 2 rings (SSSR count). The summed E-state index contributed by atoms with van der Waals surface area (Å²) >= 11 is 5.91. The third kappa shape index (κ3) is 4.63. The molecule has 1 fully saturated rings. The molecule has 4 heteroatoms. The van der Waals surface area contributed by atoms with Gasteiger partial charge in [-0.05, 0) is 55.9 Å². The quantitative estimate of drug-likeness (QED) is 0.813. The number of hydrogen-bond donors (Lipinski definition) is 1. The number of nitrogens with one attached hydrogen (secondary N) is 1. The molecule has 3 unspecified atom stereocenters. The minimum atomic E-state index is -0.270. The Hall–Kier alpha value is -1.22. The van der Waals surface area contributed by atoms with Crippen LogP contribution in [0.5, 0.6) is 0 Å². The lowest BCUT2D eigenvalue weighted by molar-refractivity contribution is -0.145. The fraction of sp³-hybridized carbons (Fsp3) is 0.588. The van der Waals surface area contributed by atoms with Gasteiger partial charge in [0, 0.05) is 10.7 Å². The Balaban J connectivity index is 2.11. The fourth-order valence-corrected chi connectivity index (χ4v) is 3.24. The number of hydrogen-bond acceptors (Lipinski definition) is 3. The molecule has 0 heterocycles. The second kappa shape index (κ2) is 7.69. The van der Waals surface area contributed by atoms with Gasteiger partial charge in [0.1, 0.15) is 6.04 Å². The minimum Gasteiger partial charge on any atom is -0.464 e. The SMILES string of the molecule is CCOC(=O)C(Nc1ccc(Cl)cc1)C1CCCC(C)C1. The third-order valence-electron chi connectivity index (χ3n) is 4.16. The molecule has 1 aromatic rings. The van der Waals surface area contributed by atoms with Gasteiger partial charge in [-0.1, -0.05) is 31.4 Å². The summed E-state index contributed by atoms with van der Waals surface area (Å²) < 4.78 is 5.26. The van der Waals surface area contributed by atoms with Crippen molar-refractivity contribution in [2.75, 3.05) is 11.9 Å². The normalized spacial score (nSPS) is 23.4. The second-order valence-corrected chi connectivity index (χ2v) is 6.35. The zero-order valence-electron chi connectivity index (χ0n) is 12.8. The van der Waals surface area contributed by atoms with Crippen molar-refractivity contribution in [3.63, 3.8) is 0 Å². The first-order valence-electron chi connectivity index (χ1n) is 7.79. The smallest absolute Gasteiger partial charge is 0.328 e. The zero-order chi connectivity index (χ0) is 15.2. The maximum absolute atomic E-state index is 12.3. The minimum absolute atomic E-state index is 0.147. The van der Waals surface area contributed by atoms with Crippen molar-refractivity contribution >= 4 is 23.3 Å². The van der Waals surface area contributed by atoms with Crippen molar-refractivity contribution in [2.45, 2.75) is 45.6 Å². The van der Waals surface area contributed by atoms with Crippen LogP contribution in [0.1, 0.15) is 39.5 Å². The Morgan fingerprint density at radius 2 is 2.10 bits per heavy atom. The van der Waals surface area contributed by atoms with Crippen molar-refractivity contribution < 1.29 is 9.53 Å². The summed E-state index contributed by atoms with van der Waals surface area (Å²) in [6.45, 7) is 4.53. The number of halogens is 1. The average molecular weight is 310 g/mol. The lowest BCUT2D eigenvalue weighted by Crippen LogP contribution is -2.40. The van der Waals surface area contributed by atoms with Crippen LogP contribution in [0, 0.1) is 11.8 Å². The molecule has 3 nitrogen and oxygen atoms in total. The van der Waals surface area contributed by atoms with E-state index in [2.05, 4.69) is 12.2 Å². The van der Waals surface area contributed by atoms with E-state index in [1.54, 1.807) is 0 Å². The monoisotopic (exact) mass is 309 g/mol. The van der Waals surface area contributed by atoms with Gasteiger partial charge in [-0.15, -0.1) is 0 Å². The fourth-order valence-electron chi connectivity index (χ4n) is 3.11. The Kier molecular flexibility index (Phi) is 5.92. The molecule has 0 aromatic heterocycles. The molecular formula is C17H24ClNO2. The van der Waals surface area contributed by atoms with Crippen molar-refractivity contribution in [3.05, 3.63) is 29.3 Å². The Labute approximate surface area is 132 Å². The highest BCUT2D eigenvalue weighted by Crippen LogP contribution is 2.32. The topological polar surface area (TPSA) is 38.3 Å². The molecule has 0 bridgehead atoms. The highest BCUT2D eigenvalue weighted by atomic mass is 35.5. The number of carbonyl (C=O) groups is 1. The average Bonchev–Trinajstić information content (AvgIpc) is 2.47. The highest BCUT2D eigenvalue weighted by molar-refractivity contribution is 6.30. The van der Waals surface area contributed by atoms with Crippen LogP contribution in [0.25, 0.3) is 0 Å². The van der Waals surface area contributed by atoms with E-state index in [9.17, 15) is 4.79 Å². The van der Waals surface area contributed by atoms with Crippen molar-refractivity contribution in [1.29, 1.82) is 0 Å². The number of benzene rings is 1. The Morgan fingerprint density at radius 1 is 1.38 bits per heavy atom. The summed E-state index contributed by atoms with van der Waals surface area (Å²) in [5.74, 6) is 0.864. The summed E-state index contributed by atoms with van der Waals surface area (Å²) in [5, 5.41) is 4.04. The van der Waals surface area contributed by atoms with Crippen molar-refractivity contribution in [2.24, 2.45) is 11.8 Å². The molecular weight excluding hydrogens is 286 g/mol. The third-order valence-corrected chi connectivity index (χ3v) is 4.41. The van der Waals surface area contributed by atoms with E-state index in [0.717, 1.165) is 18.5 Å². The number of esters is 1. The second-order valence-electron chi connectivity index (χ2n) is 5.91. The number of carbonyl (C=O) groups excluding carboxylic acids is 1. The van der Waals surface area contributed by atoms with Crippen LogP contribution in [0.3, 0.4) is 0 Å². The van der Waals surface area contributed by atoms with Crippen molar-refractivity contribution in [3.8, 4) is 0 Å². The van der Waals surface area contributed by atoms with Crippen LogP contribution in [-0.2, 0) is 9.53 Å². The van der Waals surface area contributed by atoms with Gasteiger partial charge < -0.3 is 10.1 Å². The first kappa shape index (κ1) is 16.2. The standard InChI is InChI=1S/C17H24ClNO2/c1-3-21-17(20)16(13-6-4-5-12(2)11-13)19-15-9-7-14(18)8-10-15/h7-10,12-13,16,19H,3-6,11H2,1-2H3. The Bertz CT molecular complexity index is 460. The molecule has 3 atom stereocenters. The van der Waals surface area contributed by atoms with Crippen molar-refractivity contribution in [1.82, 2.24) is 0 Å². The largest absolute Gasteiger partial charge is 0.464 e. The molecule has 1 aromatic carbocycles. The van der Waals surface area contributed by atoms with Crippen LogP contribution in [0.15, 0.2) is 24.3 Å². The number of rotatable bonds is 5. The van der Waals surface area contributed by atoms with E-state index in [1.807, 2.05) is 31.2 Å². The van der Waals surface area contributed by atoms with Gasteiger partial charge in [-0.3, -0.25) is 0 Å². The molecule has 0 aliphatic heterocycles. The molecule has 1 saturated carbocycles. The highest BCUT2D eigenvalue weighted by Gasteiger charge is 2.32. The van der Waals surface area contributed by atoms with Gasteiger partial charge in [0.25, 0.3) is 0 Å². The molecule has 1 N–H and O–H groups in total. The van der Waals surface area contributed by atoms with Gasteiger partial charge >= 0.3 is 5.97 Å². The molecule has 0 spiro atoms. The van der Waals surface area contributed by atoms with Gasteiger partial charge in [0.2, 0.25) is 0 Å². The zero-order valence-corrected chi connectivity index (χ0v) is 13.5. The summed E-state index contributed by atoms with van der Waals surface area (Å²) in [7, 11) is 0. The van der Waals surface area contributed by atoms with Gasteiger partial charge in [-0.25, -0.2) is 4.79 Å². The van der Waals surface area contributed by atoms with E-state index >= 15 is 0 Å². The summed E-state index contributed by atoms with van der Waals surface area (Å²) in [6, 6.07) is 7.20. The van der Waals surface area contributed by atoms with E-state index in [1.165, 1.54) is 12.8 Å². The van der Waals surface area contributed by atoms with E-state index in [-0.39, 0.29) is 12.0 Å². The predicted molar refractivity (Wildman–Crippen MR) is 86.6 cm³/mol. The van der Waals surface area contributed by atoms with Crippen LogP contribution in [0.4, 0.5) is 5.69 Å². The lowest BCUT2D eigenvalue weighted by atomic mass is 9.78. The predicted octanol–water partition coefficient (Wildman–Crippen LogP) is 4.51. The molecule has 1 aliphatic rings. The van der Waals surface area contributed by atoms with E-state index in [4.69, 9.17) is 16.3 Å². The van der Waals surface area contributed by atoms with Crippen LogP contribution in [0.2, 0.25) is 5.02 Å². The summed E-state index contributed by atoms with van der Waals surface area (Å²) in [6.07, 6.45) is 4.59. The summed E-state index contributed by atoms with van der Waals surface area (Å²) in [5.41, 5.74) is 0.913. The van der Waals surface area contributed by atoms with Gasteiger partial charge in [0.05, 0.1) is 6.61 Å². The molecule has 0 amide bonds. The first-order valence-corrected chi connectivity index (χ1v) is 8.16. The molecule has 116 valence electrons. The van der Waals surface area contributed by atoms with Crippen LogP contribution >= 0.6 is 11.6 Å². The Morgan fingerprint density at radius 3 is 2.71 bits per heavy atom. The number of ether oxygens (including phenoxy) is 1. The van der Waals surface area contributed by atoms with E-state index < -0.39 is 0 Å². The molecule has 1 aliphatic carbocycles. The molecule has 0 saturated heterocycles. The lowest BCUT2D eigenvalue weighted by Gasteiger charge is -2.32. The maximum Gasteiger partial charge on any atom is 0.328 e. The summed E-state index contributed by atoms with van der Waals surface area (Å²) in [4.78, 5) is 12.3. The van der Waals surface area contributed by atoms with Gasteiger partial charge in [0.15, 0.2) is 0 Å². The maximum atomic E-state index is 12.3. The molecule has 21 heavy (non-hydrogen) atoms. The van der Waals surface area contributed by atoms with E-state index in [0.29, 0.717) is 23.5 Å². The number of anilines is 1. The van der Waals surface area contributed by atoms with Gasteiger partial charge in [-0.2, -0.15) is 0 Å². The molecule has 0 radical (unpaired) electrons. The van der Waals surface area contributed by atoms with Crippen LogP contribution in [-0.4, -0.2) is 18.6 Å². The first-order chi connectivity index (χ1) is 10.1.